The molecule has 0 saturated carbocycles. The number of benzene rings is 4. The number of piperazine rings is 2. The smallest absolute Gasteiger partial charge is 0.410 e. The Kier molecular flexibility index (Phi) is 17.8. The predicted octanol–water partition coefficient (Wildman–Crippen LogP) is 7.72. The van der Waals surface area contributed by atoms with Gasteiger partial charge in [0.1, 0.15) is 37.6 Å². The highest BCUT2D eigenvalue weighted by atomic mass is 32.2. The molecule has 21 nitrogen and oxygen atoms in total. The normalized spacial score (nSPS) is 19.7. The molecule has 88 heavy (non-hydrogen) atoms. The lowest BCUT2D eigenvalue weighted by atomic mass is 9.98. The molecule has 472 valence electrons. The van der Waals surface area contributed by atoms with E-state index in [0.29, 0.717) is 128 Å². The van der Waals surface area contributed by atoms with Crippen LogP contribution < -0.4 is 28.7 Å². The van der Waals surface area contributed by atoms with Gasteiger partial charge >= 0.3 is 12.2 Å². The first kappa shape index (κ1) is 62.5. The monoisotopic (exact) mass is 1260 g/mol. The zero-order valence-corrected chi connectivity index (χ0v) is 53.9. The number of carbonyl (C=O) groups is 3. The van der Waals surface area contributed by atoms with Crippen LogP contribution in [0.4, 0.5) is 21.0 Å². The average Bonchev–Trinajstić information content (AvgIpc) is 3.65. The van der Waals surface area contributed by atoms with Crippen molar-refractivity contribution in [2.45, 2.75) is 88.2 Å². The van der Waals surface area contributed by atoms with Crippen molar-refractivity contribution in [3.05, 3.63) is 118 Å². The fourth-order valence-corrected chi connectivity index (χ4v) is 15.3. The summed E-state index contributed by atoms with van der Waals surface area (Å²) in [4.78, 5) is 51.8. The SMILES string of the molecule is CC(C(=O)N1CC2=C(C1)CN(S(=O)(=O)c1ccc3c(c1)OCCO3)C2)c1cccc(N2CCN(C(=O)OC(C)(C)C)CC2)c1.CC(C(=S)N1CC2=C(C1)CN(S(=O)(=O)c1ccc3c(c1)OCCO3)C2)c1cccc(N2CCN(C(=O)OC(C)(C)C)CC2)c1. The number of thiocarbonyl (C=S) groups is 1. The number of anilines is 2. The number of amides is 3. The molecule has 3 amide bonds. The lowest BCUT2D eigenvalue weighted by Crippen LogP contribution is -2.50. The van der Waals surface area contributed by atoms with E-state index in [-0.39, 0.29) is 52.8 Å². The van der Waals surface area contributed by atoms with Gasteiger partial charge in [0.15, 0.2) is 23.0 Å². The third-order valence-electron chi connectivity index (χ3n) is 17.0. The van der Waals surface area contributed by atoms with E-state index in [1.807, 2.05) is 71.6 Å². The van der Waals surface area contributed by atoms with Crippen molar-refractivity contribution in [2.75, 3.05) is 141 Å². The third kappa shape index (κ3) is 13.7. The topological polar surface area (TPSA) is 201 Å². The second-order valence-corrected chi connectivity index (χ2v) is 29.8. The summed E-state index contributed by atoms with van der Waals surface area (Å²) in [6.45, 7) is 25.6. The molecule has 0 radical (unpaired) electrons. The number of rotatable bonds is 10. The zero-order chi connectivity index (χ0) is 62.5. The third-order valence-corrected chi connectivity index (χ3v) is 21.2. The van der Waals surface area contributed by atoms with Gasteiger partial charge in [-0.2, -0.15) is 8.61 Å². The largest absolute Gasteiger partial charge is 0.486 e. The van der Waals surface area contributed by atoms with Gasteiger partial charge in [-0.25, -0.2) is 26.4 Å². The number of fused-ring (bicyclic) bond motifs is 2. The standard InChI is InChI=1S/C32H40N4O7S.C32H40N4O6S2/c1-22(23-6-5-7-26(16-23)33-10-12-34(13-11-33)31(38)43-32(2,3)4)30(37)35-18-24-20-36(21-25(24)19-35)44(39,40)27-8-9-28-29(17-27)42-15-14-41-28;1-22(23-6-5-7-26(16-23)33-10-12-34(13-11-33)31(37)42-32(2,3)4)30(43)35-18-24-20-36(21-25(24)19-35)44(38,39)27-8-9-28-29(17-27)41-15-14-40-28/h2*5-9,16-17,22H,10-15,18-21H2,1-4H3. The fraction of sp³-hybridized carbons (Fsp3) is 0.500. The Morgan fingerprint density at radius 1 is 0.455 bits per heavy atom. The molecule has 2 saturated heterocycles. The summed E-state index contributed by atoms with van der Waals surface area (Å²) in [7, 11) is -7.40. The summed E-state index contributed by atoms with van der Waals surface area (Å²) in [6.07, 6.45) is -0.555. The number of ether oxygens (including phenoxy) is 6. The Bertz CT molecular complexity index is 3390. The maximum atomic E-state index is 13.6. The predicted molar refractivity (Wildman–Crippen MR) is 337 cm³/mol. The molecule has 0 N–H and O–H groups in total. The van der Waals surface area contributed by atoms with E-state index < -0.39 is 31.2 Å². The van der Waals surface area contributed by atoms with Crippen LogP contribution in [-0.4, -0.2) is 210 Å². The van der Waals surface area contributed by atoms with Crippen LogP contribution in [0.25, 0.3) is 0 Å². The summed E-state index contributed by atoms with van der Waals surface area (Å²) in [5, 5.41) is 0. The van der Waals surface area contributed by atoms with Gasteiger partial charge in [0.25, 0.3) is 0 Å². The van der Waals surface area contributed by atoms with Crippen molar-refractivity contribution in [3.63, 3.8) is 0 Å². The van der Waals surface area contributed by atoms with Crippen LogP contribution in [0.15, 0.2) is 117 Å². The first-order valence-corrected chi connectivity index (χ1v) is 33.5. The Labute approximate surface area is 522 Å². The molecule has 0 bridgehead atoms. The average molecular weight is 1270 g/mol. The minimum Gasteiger partial charge on any atom is -0.486 e. The molecular formula is C64H80N8O13S3. The fourth-order valence-electron chi connectivity index (χ4n) is 12.2. The van der Waals surface area contributed by atoms with Crippen LogP contribution >= 0.6 is 12.2 Å². The summed E-state index contributed by atoms with van der Waals surface area (Å²) in [6, 6.07) is 26.0. The van der Waals surface area contributed by atoms with Crippen LogP contribution in [0.5, 0.6) is 23.0 Å². The highest BCUT2D eigenvalue weighted by Crippen LogP contribution is 2.39. The Hall–Kier alpha value is -7.12. The molecule has 8 aliphatic heterocycles. The maximum absolute atomic E-state index is 13.6. The molecule has 12 rings (SSSR count). The van der Waals surface area contributed by atoms with E-state index in [2.05, 4.69) is 52.0 Å². The molecule has 4 aromatic carbocycles. The van der Waals surface area contributed by atoms with Crippen molar-refractivity contribution >= 4 is 66.7 Å². The van der Waals surface area contributed by atoms with Crippen LogP contribution in [0.2, 0.25) is 0 Å². The molecule has 2 unspecified atom stereocenters. The molecule has 0 aliphatic carbocycles. The van der Waals surface area contributed by atoms with E-state index in [0.717, 1.165) is 62.9 Å². The number of hydrogen-bond acceptors (Lipinski definition) is 16. The quantitative estimate of drug-likeness (QED) is 0.110. The maximum Gasteiger partial charge on any atom is 0.410 e. The van der Waals surface area contributed by atoms with E-state index in [1.165, 1.54) is 10.4 Å². The Balaban J connectivity index is 0.000000182. The lowest BCUT2D eigenvalue weighted by molar-refractivity contribution is -0.131. The molecule has 0 aromatic heterocycles. The Morgan fingerprint density at radius 3 is 1.20 bits per heavy atom. The highest BCUT2D eigenvalue weighted by molar-refractivity contribution is 7.89. The summed E-state index contributed by atoms with van der Waals surface area (Å²) in [5.41, 5.74) is 7.39. The van der Waals surface area contributed by atoms with Crippen LogP contribution in [0.1, 0.15) is 78.4 Å². The van der Waals surface area contributed by atoms with Crippen molar-refractivity contribution in [1.29, 1.82) is 0 Å². The zero-order valence-electron chi connectivity index (χ0n) is 51.5. The first-order valence-electron chi connectivity index (χ1n) is 30.2. The summed E-state index contributed by atoms with van der Waals surface area (Å²) in [5.74, 6) is 1.71. The molecule has 2 fully saturated rings. The molecule has 8 aliphatic rings. The van der Waals surface area contributed by atoms with E-state index >= 15 is 0 Å². The van der Waals surface area contributed by atoms with Crippen LogP contribution in [-0.2, 0) is 34.3 Å². The van der Waals surface area contributed by atoms with Gasteiger partial charge in [-0.05, 0) is 130 Å². The van der Waals surface area contributed by atoms with Gasteiger partial charge in [-0.15, -0.1) is 0 Å². The molecule has 2 atom stereocenters. The van der Waals surface area contributed by atoms with Crippen LogP contribution in [0, 0.1) is 0 Å². The number of nitrogens with zero attached hydrogens (tertiary/aromatic N) is 8. The number of sulfonamides is 2. The molecule has 8 heterocycles. The highest BCUT2D eigenvalue weighted by Gasteiger charge is 2.41. The second-order valence-electron chi connectivity index (χ2n) is 25.5. The van der Waals surface area contributed by atoms with E-state index in [1.54, 1.807) is 44.4 Å². The first-order chi connectivity index (χ1) is 41.8. The molecule has 4 aromatic rings. The van der Waals surface area contributed by atoms with Gasteiger partial charge in [-0.3, -0.25) is 4.79 Å². The van der Waals surface area contributed by atoms with Crippen molar-refractivity contribution < 1.29 is 59.6 Å². The second kappa shape index (κ2) is 25.0. The van der Waals surface area contributed by atoms with Gasteiger partial charge in [-0.1, -0.05) is 43.4 Å². The molecular weight excluding hydrogens is 1180 g/mol. The summed E-state index contributed by atoms with van der Waals surface area (Å²) >= 11 is 5.99. The lowest BCUT2D eigenvalue weighted by Gasteiger charge is -2.37. The molecule has 0 spiro atoms. The Morgan fingerprint density at radius 2 is 0.818 bits per heavy atom. The van der Waals surface area contributed by atoms with Gasteiger partial charge in [0.2, 0.25) is 26.0 Å². The van der Waals surface area contributed by atoms with E-state index in [4.69, 9.17) is 40.6 Å². The number of carbonyl (C=O) groups excluding carboxylic acids is 3. The van der Waals surface area contributed by atoms with Crippen molar-refractivity contribution in [2.24, 2.45) is 0 Å². The van der Waals surface area contributed by atoms with Gasteiger partial charge < -0.3 is 57.8 Å². The van der Waals surface area contributed by atoms with Crippen molar-refractivity contribution in [1.82, 2.24) is 28.2 Å². The number of hydrogen-bond donors (Lipinski definition) is 0. The minimum absolute atomic E-state index is 0.0191. The van der Waals surface area contributed by atoms with Crippen molar-refractivity contribution in [3.8, 4) is 23.0 Å². The van der Waals surface area contributed by atoms with Crippen LogP contribution in [0.3, 0.4) is 0 Å². The van der Waals surface area contributed by atoms with E-state index in [9.17, 15) is 31.2 Å². The minimum atomic E-state index is -3.72. The summed E-state index contributed by atoms with van der Waals surface area (Å²) < 4.78 is 90.1. The van der Waals surface area contributed by atoms with Gasteiger partial charge in [0.05, 0.1) is 20.7 Å². The van der Waals surface area contributed by atoms with Gasteiger partial charge in [0, 0.05) is 134 Å². The molecule has 24 heteroatoms.